The van der Waals surface area contributed by atoms with Crippen LogP contribution in [0.15, 0.2) is 46.9 Å². The first kappa shape index (κ1) is 19.9. The van der Waals surface area contributed by atoms with Gasteiger partial charge in [-0.2, -0.15) is 0 Å². The van der Waals surface area contributed by atoms with E-state index in [1.54, 1.807) is 35.2 Å². The van der Waals surface area contributed by atoms with Crippen LogP contribution in [0.2, 0.25) is 0 Å². The molecular formula is C19H20N4O4S2. The summed E-state index contributed by atoms with van der Waals surface area (Å²) < 4.78 is 13.6. The fourth-order valence-electron chi connectivity index (χ4n) is 3.12. The maximum atomic E-state index is 10.9. The highest BCUT2D eigenvalue weighted by atomic mass is 32.2. The van der Waals surface area contributed by atoms with E-state index in [1.807, 2.05) is 17.5 Å². The number of thiophene rings is 1. The summed E-state index contributed by atoms with van der Waals surface area (Å²) in [7, 11) is 0. The Morgan fingerprint density at radius 2 is 2.28 bits per heavy atom. The molecule has 0 saturated carbocycles. The van der Waals surface area contributed by atoms with Crippen LogP contribution < -0.4 is 4.74 Å². The van der Waals surface area contributed by atoms with E-state index >= 15 is 0 Å². The summed E-state index contributed by atoms with van der Waals surface area (Å²) in [6, 6.07) is 10.3. The van der Waals surface area contributed by atoms with E-state index in [9.17, 15) is 10.1 Å². The first-order valence-electron chi connectivity index (χ1n) is 9.29. The summed E-state index contributed by atoms with van der Waals surface area (Å²) >= 11 is 3.20. The molecule has 29 heavy (non-hydrogen) atoms. The third kappa shape index (κ3) is 4.95. The van der Waals surface area contributed by atoms with Gasteiger partial charge in [-0.1, -0.05) is 23.9 Å². The van der Waals surface area contributed by atoms with Crippen molar-refractivity contribution in [3.8, 4) is 16.5 Å². The molecule has 0 N–H and O–H groups in total. The van der Waals surface area contributed by atoms with Crippen LogP contribution in [0.1, 0.15) is 12.8 Å². The Bertz CT molecular complexity index is 955. The van der Waals surface area contributed by atoms with Gasteiger partial charge in [0.2, 0.25) is 0 Å². The average Bonchev–Trinajstić information content (AvgIpc) is 3.48. The number of hydrogen-bond donors (Lipinski definition) is 0. The topological polar surface area (TPSA) is 92.3 Å². The van der Waals surface area contributed by atoms with Crippen molar-refractivity contribution in [1.82, 2.24) is 14.8 Å². The molecule has 3 heterocycles. The number of thioether (sulfide) groups is 1. The van der Waals surface area contributed by atoms with Gasteiger partial charge in [-0.3, -0.25) is 14.7 Å². The minimum atomic E-state index is -0.429. The third-order valence-electron chi connectivity index (χ3n) is 4.48. The van der Waals surface area contributed by atoms with Gasteiger partial charge in [-0.05, 0) is 30.4 Å². The molecular weight excluding hydrogens is 412 g/mol. The molecule has 0 amide bonds. The Balaban J connectivity index is 1.40. The Labute approximate surface area is 176 Å². The molecule has 1 aliphatic heterocycles. The van der Waals surface area contributed by atoms with Crippen LogP contribution >= 0.6 is 23.1 Å². The number of aromatic nitrogens is 3. The molecule has 0 bridgehead atoms. The highest BCUT2D eigenvalue weighted by Gasteiger charge is 2.22. The Morgan fingerprint density at radius 1 is 1.34 bits per heavy atom. The monoisotopic (exact) mass is 432 g/mol. The highest BCUT2D eigenvalue weighted by molar-refractivity contribution is 7.99. The van der Waals surface area contributed by atoms with Gasteiger partial charge in [0.05, 0.1) is 35.1 Å². The summed E-state index contributed by atoms with van der Waals surface area (Å²) in [5.41, 5.74) is 0.0204. The lowest BCUT2D eigenvalue weighted by Crippen LogP contribution is -2.16. The van der Waals surface area contributed by atoms with E-state index in [1.165, 1.54) is 12.1 Å². The van der Waals surface area contributed by atoms with Crippen LogP contribution in [0, 0.1) is 10.1 Å². The SMILES string of the molecule is O=[N+]([O-])c1cccc(OCCSc2nnc(-c3cccs3)n2CC2CCCO2)c1. The third-order valence-corrected chi connectivity index (χ3v) is 6.28. The van der Waals surface area contributed by atoms with Crippen molar-refractivity contribution in [3.63, 3.8) is 0 Å². The van der Waals surface area contributed by atoms with Crippen molar-refractivity contribution < 1.29 is 14.4 Å². The maximum absolute atomic E-state index is 10.9. The zero-order valence-corrected chi connectivity index (χ0v) is 17.2. The molecule has 0 spiro atoms. The molecule has 2 aromatic heterocycles. The predicted molar refractivity (Wildman–Crippen MR) is 112 cm³/mol. The molecule has 0 radical (unpaired) electrons. The molecule has 8 nitrogen and oxygen atoms in total. The fraction of sp³-hybridized carbons (Fsp3) is 0.368. The Morgan fingerprint density at radius 3 is 3.03 bits per heavy atom. The summed E-state index contributed by atoms with van der Waals surface area (Å²) in [6.07, 6.45) is 2.31. The number of nitrogens with zero attached hydrogens (tertiary/aromatic N) is 4. The largest absolute Gasteiger partial charge is 0.492 e. The minimum Gasteiger partial charge on any atom is -0.492 e. The molecule has 0 aliphatic carbocycles. The number of hydrogen-bond acceptors (Lipinski definition) is 8. The molecule has 10 heteroatoms. The molecule has 4 rings (SSSR count). The number of ether oxygens (including phenoxy) is 2. The standard InChI is InChI=1S/C19H20N4O4S2/c24-23(25)14-4-1-5-15(12-14)27-9-11-29-19-21-20-18(17-7-3-10-28-17)22(19)13-16-6-2-8-26-16/h1,3-5,7,10,12,16H,2,6,8-9,11,13H2. The van der Waals surface area contributed by atoms with E-state index in [-0.39, 0.29) is 11.8 Å². The van der Waals surface area contributed by atoms with Gasteiger partial charge >= 0.3 is 0 Å². The number of nitro groups is 1. The molecule has 152 valence electrons. The van der Waals surface area contributed by atoms with Gasteiger partial charge in [0.25, 0.3) is 5.69 Å². The molecule has 1 aromatic carbocycles. The van der Waals surface area contributed by atoms with Gasteiger partial charge < -0.3 is 9.47 Å². The second kappa shape index (κ2) is 9.38. The van der Waals surface area contributed by atoms with Crippen molar-refractivity contribution in [2.24, 2.45) is 0 Å². The summed E-state index contributed by atoms with van der Waals surface area (Å²) in [5, 5.41) is 22.5. The first-order valence-corrected chi connectivity index (χ1v) is 11.2. The van der Waals surface area contributed by atoms with E-state index in [0.717, 1.165) is 41.9 Å². The van der Waals surface area contributed by atoms with Crippen molar-refractivity contribution >= 4 is 28.8 Å². The lowest BCUT2D eigenvalue weighted by molar-refractivity contribution is -0.384. The van der Waals surface area contributed by atoms with Crippen LogP contribution in [0.25, 0.3) is 10.7 Å². The zero-order chi connectivity index (χ0) is 20.1. The van der Waals surface area contributed by atoms with Crippen molar-refractivity contribution in [1.29, 1.82) is 0 Å². The average molecular weight is 433 g/mol. The quantitative estimate of drug-likeness (QED) is 0.216. The fourth-order valence-corrected chi connectivity index (χ4v) is 4.60. The van der Waals surface area contributed by atoms with Gasteiger partial charge in [0, 0.05) is 18.4 Å². The smallest absolute Gasteiger partial charge is 0.273 e. The molecule has 1 atom stereocenters. The number of rotatable bonds is 9. The number of nitro benzene ring substituents is 1. The minimum absolute atomic E-state index is 0.0204. The van der Waals surface area contributed by atoms with Gasteiger partial charge in [0.1, 0.15) is 5.75 Å². The number of benzene rings is 1. The highest BCUT2D eigenvalue weighted by Crippen LogP contribution is 2.29. The van der Waals surface area contributed by atoms with Gasteiger partial charge in [-0.15, -0.1) is 21.5 Å². The summed E-state index contributed by atoms with van der Waals surface area (Å²) in [6.45, 7) is 1.95. The van der Waals surface area contributed by atoms with E-state index in [4.69, 9.17) is 9.47 Å². The molecule has 1 unspecified atom stereocenters. The second-order valence-corrected chi connectivity index (χ2v) is 8.49. The zero-order valence-electron chi connectivity index (χ0n) is 15.6. The lowest BCUT2D eigenvalue weighted by atomic mass is 10.2. The summed E-state index contributed by atoms with van der Waals surface area (Å²) in [4.78, 5) is 11.5. The van der Waals surface area contributed by atoms with E-state index in [0.29, 0.717) is 18.1 Å². The van der Waals surface area contributed by atoms with Gasteiger partial charge in [-0.25, -0.2) is 0 Å². The Kier molecular flexibility index (Phi) is 6.43. The van der Waals surface area contributed by atoms with Crippen LogP contribution in [0.5, 0.6) is 5.75 Å². The number of non-ortho nitro benzene ring substituents is 1. The van der Waals surface area contributed by atoms with E-state index in [2.05, 4.69) is 14.8 Å². The maximum Gasteiger partial charge on any atom is 0.273 e. The Hall–Kier alpha value is -2.43. The van der Waals surface area contributed by atoms with Crippen molar-refractivity contribution in [2.75, 3.05) is 19.0 Å². The van der Waals surface area contributed by atoms with Crippen LogP contribution in [-0.4, -0.2) is 44.8 Å². The van der Waals surface area contributed by atoms with Crippen LogP contribution in [0.4, 0.5) is 5.69 Å². The molecule has 1 aliphatic rings. The molecule has 1 saturated heterocycles. The van der Waals surface area contributed by atoms with Crippen molar-refractivity contribution in [3.05, 3.63) is 51.9 Å². The predicted octanol–water partition coefficient (Wildman–Crippen LogP) is 4.26. The molecule has 1 fully saturated rings. The van der Waals surface area contributed by atoms with E-state index < -0.39 is 4.92 Å². The van der Waals surface area contributed by atoms with Gasteiger partial charge in [0.15, 0.2) is 11.0 Å². The first-order chi connectivity index (χ1) is 14.2. The van der Waals surface area contributed by atoms with Crippen molar-refractivity contribution in [2.45, 2.75) is 30.6 Å². The molecule has 3 aromatic rings. The second-order valence-electron chi connectivity index (χ2n) is 6.48. The normalized spacial score (nSPS) is 16.2. The van der Waals surface area contributed by atoms with Crippen LogP contribution in [-0.2, 0) is 11.3 Å². The van der Waals surface area contributed by atoms with Crippen LogP contribution in [0.3, 0.4) is 0 Å². The lowest BCUT2D eigenvalue weighted by Gasteiger charge is -2.14. The summed E-state index contributed by atoms with van der Waals surface area (Å²) in [5.74, 6) is 1.99.